The Balaban J connectivity index is 0.000000260. The summed E-state index contributed by atoms with van der Waals surface area (Å²) in [6.45, 7) is 12.4. The van der Waals surface area contributed by atoms with E-state index in [9.17, 15) is 0 Å². The van der Waals surface area contributed by atoms with Gasteiger partial charge >= 0.3 is 11.4 Å². The SMILES string of the molecule is CCN(CC)c1ccc([N+]#N)cc1.CCN(CC)c1ccc([N+]#N)cc1. The molecule has 6 nitrogen and oxygen atoms in total. The van der Waals surface area contributed by atoms with Crippen LogP contribution in [0.2, 0.25) is 0 Å². The van der Waals surface area contributed by atoms with Crippen molar-refractivity contribution >= 4 is 22.7 Å². The molecule has 26 heavy (non-hydrogen) atoms. The van der Waals surface area contributed by atoms with Crippen LogP contribution in [-0.4, -0.2) is 26.2 Å². The van der Waals surface area contributed by atoms with Crippen LogP contribution in [0.4, 0.5) is 22.7 Å². The fourth-order valence-corrected chi connectivity index (χ4v) is 2.64. The number of nitrogens with zero attached hydrogens (tertiary/aromatic N) is 6. The maximum atomic E-state index is 8.49. The first-order valence-corrected chi connectivity index (χ1v) is 9.03. The average molecular weight is 352 g/mol. The first-order chi connectivity index (χ1) is 12.6. The van der Waals surface area contributed by atoms with E-state index in [1.54, 1.807) is 24.3 Å². The molecule has 136 valence electrons. The van der Waals surface area contributed by atoms with Crippen LogP contribution in [0, 0.1) is 10.8 Å². The second-order valence-electron chi connectivity index (χ2n) is 5.58. The lowest BCUT2D eigenvalue weighted by molar-refractivity contribution is 0.866. The first kappa shape index (κ1) is 20.9. The van der Waals surface area contributed by atoms with Gasteiger partial charge in [-0.3, -0.25) is 0 Å². The highest BCUT2D eigenvalue weighted by molar-refractivity contribution is 5.55. The maximum Gasteiger partial charge on any atom is 0.385 e. The number of benzene rings is 2. The third-order valence-electron chi connectivity index (χ3n) is 4.19. The molecule has 2 rings (SSSR count). The zero-order chi connectivity index (χ0) is 19.4. The van der Waals surface area contributed by atoms with Crippen LogP contribution in [0.3, 0.4) is 0 Å². The van der Waals surface area contributed by atoms with Gasteiger partial charge in [-0.05, 0) is 52.0 Å². The van der Waals surface area contributed by atoms with E-state index in [0.717, 1.165) is 37.6 Å². The summed E-state index contributed by atoms with van der Waals surface area (Å²) in [4.78, 5) is 10.7. The molecule has 6 heteroatoms. The Morgan fingerprint density at radius 2 is 0.846 bits per heavy atom. The minimum Gasteiger partial charge on any atom is -0.372 e. The number of anilines is 2. The molecule has 0 unspecified atom stereocenters. The lowest BCUT2D eigenvalue weighted by atomic mass is 10.2. The molecule has 0 aliphatic carbocycles. The number of hydrogen-bond donors (Lipinski definition) is 0. The van der Waals surface area contributed by atoms with Gasteiger partial charge in [-0.2, -0.15) is 0 Å². The topological polar surface area (TPSA) is 62.8 Å². The van der Waals surface area contributed by atoms with Crippen molar-refractivity contribution in [3.8, 4) is 0 Å². The third-order valence-corrected chi connectivity index (χ3v) is 4.19. The van der Waals surface area contributed by atoms with Gasteiger partial charge in [0.15, 0.2) is 9.95 Å². The van der Waals surface area contributed by atoms with Gasteiger partial charge in [-0.1, -0.05) is 0 Å². The van der Waals surface area contributed by atoms with E-state index in [0.29, 0.717) is 11.4 Å². The Morgan fingerprint density at radius 3 is 1.04 bits per heavy atom. The van der Waals surface area contributed by atoms with Gasteiger partial charge in [0, 0.05) is 61.8 Å². The molecule has 0 amide bonds. The smallest absolute Gasteiger partial charge is 0.372 e. The van der Waals surface area contributed by atoms with Crippen molar-refractivity contribution in [2.24, 2.45) is 0 Å². The summed E-state index contributed by atoms with van der Waals surface area (Å²) < 4.78 is 0. The van der Waals surface area contributed by atoms with E-state index >= 15 is 0 Å². The van der Waals surface area contributed by atoms with Crippen molar-refractivity contribution < 1.29 is 0 Å². The van der Waals surface area contributed by atoms with Gasteiger partial charge in [0.05, 0.1) is 0 Å². The van der Waals surface area contributed by atoms with E-state index in [-0.39, 0.29) is 0 Å². The van der Waals surface area contributed by atoms with Crippen LogP contribution >= 0.6 is 0 Å². The molecule has 2 aromatic rings. The number of rotatable bonds is 6. The molecule has 0 fully saturated rings. The van der Waals surface area contributed by atoms with Gasteiger partial charge in [-0.15, -0.1) is 0 Å². The number of hydrogen-bond acceptors (Lipinski definition) is 4. The molecule has 0 bridgehead atoms. The normalized spacial score (nSPS) is 9.31. The molecule has 0 N–H and O–H groups in total. The highest BCUT2D eigenvalue weighted by Crippen LogP contribution is 2.20. The minimum absolute atomic E-state index is 0.593. The van der Waals surface area contributed by atoms with Gasteiger partial charge in [-0.25, -0.2) is 0 Å². The van der Waals surface area contributed by atoms with Gasteiger partial charge in [0.25, 0.3) is 0 Å². The van der Waals surface area contributed by atoms with Crippen molar-refractivity contribution in [3.63, 3.8) is 0 Å². The quantitative estimate of drug-likeness (QED) is 0.595. The molecular formula is C20H28N6+2. The summed E-state index contributed by atoms with van der Waals surface area (Å²) in [6.07, 6.45) is 0. The molecule has 0 aliphatic rings. The largest absolute Gasteiger partial charge is 0.385 e. The van der Waals surface area contributed by atoms with Crippen LogP contribution in [0.25, 0.3) is 9.95 Å². The van der Waals surface area contributed by atoms with Crippen LogP contribution in [-0.2, 0) is 0 Å². The summed E-state index contributed by atoms with van der Waals surface area (Å²) in [6, 6.07) is 15.0. The summed E-state index contributed by atoms with van der Waals surface area (Å²) in [7, 11) is 0. The summed E-state index contributed by atoms with van der Waals surface area (Å²) >= 11 is 0. The maximum absolute atomic E-state index is 8.49. The van der Waals surface area contributed by atoms with E-state index in [1.807, 2.05) is 24.3 Å². The molecule has 0 saturated heterocycles. The van der Waals surface area contributed by atoms with E-state index in [4.69, 9.17) is 10.8 Å². The fraction of sp³-hybridized carbons (Fsp3) is 0.400. The molecule has 0 saturated carbocycles. The van der Waals surface area contributed by atoms with Gasteiger partial charge in [0.1, 0.15) is 0 Å². The number of diazo groups is 2. The van der Waals surface area contributed by atoms with Gasteiger partial charge in [0.2, 0.25) is 10.8 Å². The Morgan fingerprint density at radius 1 is 0.577 bits per heavy atom. The predicted molar refractivity (Wildman–Crippen MR) is 109 cm³/mol. The van der Waals surface area contributed by atoms with E-state index in [2.05, 4.69) is 47.4 Å². The van der Waals surface area contributed by atoms with E-state index in [1.165, 1.54) is 0 Å². The molecule has 0 heterocycles. The second kappa shape index (κ2) is 11.4. The Bertz CT molecular complexity index is 651. The highest BCUT2D eigenvalue weighted by Gasteiger charge is 2.06. The van der Waals surface area contributed by atoms with Crippen molar-refractivity contribution in [2.45, 2.75) is 27.7 Å². The zero-order valence-corrected chi connectivity index (χ0v) is 16.1. The van der Waals surface area contributed by atoms with E-state index < -0.39 is 0 Å². The van der Waals surface area contributed by atoms with Crippen molar-refractivity contribution in [1.29, 1.82) is 10.8 Å². The lowest BCUT2D eigenvalue weighted by Gasteiger charge is -2.20. The minimum atomic E-state index is 0.593. The average Bonchev–Trinajstić information content (AvgIpc) is 2.71. The van der Waals surface area contributed by atoms with Crippen LogP contribution in [0.15, 0.2) is 48.5 Å². The molecular weight excluding hydrogens is 324 g/mol. The molecule has 0 radical (unpaired) electrons. The first-order valence-electron chi connectivity index (χ1n) is 9.03. The second-order valence-corrected chi connectivity index (χ2v) is 5.58. The predicted octanol–water partition coefficient (Wildman–Crippen LogP) is 6.03. The summed E-state index contributed by atoms with van der Waals surface area (Å²) in [5.74, 6) is 0. The standard InChI is InChI=1S/2C10H14N3/c2*1-3-13(4-2)10-7-5-9(12-11)6-8-10/h2*5-8H,3-4H2,1-2H3/q2*+1. The molecule has 0 atom stereocenters. The Kier molecular flexibility index (Phi) is 9.20. The molecule has 0 spiro atoms. The fourth-order valence-electron chi connectivity index (χ4n) is 2.64. The lowest BCUT2D eigenvalue weighted by Crippen LogP contribution is -2.21. The molecule has 0 aromatic heterocycles. The van der Waals surface area contributed by atoms with Crippen molar-refractivity contribution in [2.75, 3.05) is 36.0 Å². The van der Waals surface area contributed by atoms with Crippen molar-refractivity contribution in [1.82, 2.24) is 0 Å². The summed E-state index contributed by atoms with van der Waals surface area (Å²) in [5, 5.41) is 17.0. The van der Waals surface area contributed by atoms with Gasteiger partial charge < -0.3 is 9.80 Å². The van der Waals surface area contributed by atoms with Crippen LogP contribution in [0.5, 0.6) is 0 Å². The third kappa shape index (κ3) is 6.07. The zero-order valence-electron chi connectivity index (χ0n) is 16.1. The summed E-state index contributed by atoms with van der Waals surface area (Å²) in [5.41, 5.74) is 3.52. The Labute approximate surface area is 156 Å². The van der Waals surface area contributed by atoms with Crippen molar-refractivity contribution in [3.05, 3.63) is 58.5 Å². The van der Waals surface area contributed by atoms with Crippen LogP contribution < -0.4 is 9.80 Å². The molecule has 2 aromatic carbocycles. The van der Waals surface area contributed by atoms with Crippen LogP contribution in [0.1, 0.15) is 27.7 Å². The molecule has 0 aliphatic heterocycles. The highest BCUT2D eigenvalue weighted by atomic mass is 15.1. The monoisotopic (exact) mass is 352 g/mol. The Hall–Kier alpha value is -3.12.